The molecule has 0 bridgehead atoms. The van der Waals surface area contributed by atoms with Crippen LogP contribution in [0, 0.1) is 12.3 Å². The first-order chi connectivity index (χ1) is 7.33. The Morgan fingerprint density at radius 2 is 1.81 bits per heavy atom. The summed E-state index contributed by atoms with van der Waals surface area (Å²) in [4.78, 5) is 0. The molecule has 0 spiro atoms. The SMILES string of the molecule is CCc1cc(C)ccc1C(C)CC(C)(C)C. The summed E-state index contributed by atoms with van der Waals surface area (Å²) in [6.45, 7) is 13.8. The summed E-state index contributed by atoms with van der Waals surface area (Å²) in [6.07, 6.45) is 2.40. The van der Waals surface area contributed by atoms with Gasteiger partial charge in [-0.25, -0.2) is 0 Å². The fraction of sp³-hybridized carbons (Fsp3) is 0.625. The van der Waals surface area contributed by atoms with Gasteiger partial charge in [0.25, 0.3) is 0 Å². The van der Waals surface area contributed by atoms with Crippen molar-refractivity contribution in [1.29, 1.82) is 0 Å². The molecule has 0 aromatic heterocycles. The topological polar surface area (TPSA) is 0 Å². The number of rotatable bonds is 3. The molecule has 90 valence electrons. The van der Waals surface area contributed by atoms with Gasteiger partial charge < -0.3 is 0 Å². The van der Waals surface area contributed by atoms with E-state index < -0.39 is 0 Å². The predicted octanol–water partition coefficient (Wildman–Crippen LogP) is 5.10. The van der Waals surface area contributed by atoms with E-state index in [1.54, 1.807) is 5.56 Å². The Hall–Kier alpha value is -0.780. The van der Waals surface area contributed by atoms with Gasteiger partial charge in [0.1, 0.15) is 0 Å². The van der Waals surface area contributed by atoms with Crippen LogP contribution in [-0.2, 0) is 6.42 Å². The predicted molar refractivity (Wildman–Crippen MR) is 73.0 cm³/mol. The lowest BCUT2D eigenvalue weighted by atomic mass is 9.80. The molecule has 16 heavy (non-hydrogen) atoms. The van der Waals surface area contributed by atoms with E-state index in [1.165, 1.54) is 17.5 Å². The highest BCUT2D eigenvalue weighted by molar-refractivity contribution is 5.34. The molecule has 0 fully saturated rings. The number of benzene rings is 1. The van der Waals surface area contributed by atoms with Crippen LogP contribution < -0.4 is 0 Å². The first-order valence-corrected chi connectivity index (χ1v) is 6.43. The molecule has 0 heteroatoms. The quantitative estimate of drug-likeness (QED) is 0.662. The van der Waals surface area contributed by atoms with Crippen LogP contribution in [0.5, 0.6) is 0 Å². The van der Waals surface area contributed by atoms with Crippen molar-refractivity contribution >= 4 is 0 Å². The lowest BCUT2D eigenvalue weighted by molar-refractivity contribution is 0.348. The highest BCUT2D eigenvalue weighted by Crippen LogP contribution is 2.32. The Labute approximate surface area is 101 Å². The molecular formula is C16H26. The molecule has 1 aromatic rings. The standard InChI is InChI=1S/C16H26/c1-7-14-10-12(2)8-9-15(14)13(3)11-16(4,5)6/h8-10,13H,7,11H2,1-6H3. The van der Waals surface area contributed by atoms with Crippen molar-refractivity contribution in [1.82, 2.24) is 0 Å². The van der Waals surface area contributed by atoms with Gasteiger partial charge in [-0.15, -0.1) is 0 Å². The minimum atomic E-state index is 0.412. The molecule has 0 N–H and O–H groups in total. The molecule has 1 rings (SSSR count). The molecule has 1 unspecified atom stereocenters. The zero-order chi connectivity index (χ0) is 12.3. The van der Waals surface area contributed by atoms with E-state index >= 15 is 0 Å². The molecule has 0 heterocycles. The van der Waals surface area contributed by atoms with Crippen molar-refractivity contribution < 1.29 is 0 Å². The average molecular weight is 218 g/mol. The molecule has 0 aliphatic carbocycles. The molecule has 0 nitrogen and oxygen atoms in total. The number of aryl methyl sites for hydroxylation is 2. The van der Waals surface area contributed by atoms with E-state index in [2.05, 4.69) is 59.7 Å². The van der Waals surface area contributed by atoms with E-state index in [0.717, 1.165) is 6.42 Å². The van der Waals surface area contributed by atoms with Crippen LogP contribution in [0.3, 0.4) is 0 Å². The Bertz CT molecular complexity index is 342. The summed E-state index contributed by atoms with van der Waals surface area (Å²) in [5.41, 5.74) is 4.86. The summed E-state index contributed by atoms with van der Waals surface area (Å²) in [7, 11) is 0. The second-order valence-corrected chi connectivity index (χ2v) is 6.22. The maximum Gasteiger partial charge on any atom is -0.0183 e. The largest absolute Gasteiger partial charge is 0.0613 e. The van der Waals surface area contributed by atoms with E-state index in [9.17, 15) is 0 Å². The highest BCUT2D eigenvalue weighted by atomic mass is 14.2. The third-order valence-electron chi connectivity index (χ3n) is 3.13. The van der Waals surface area contributed by atoms with Gasteiger partial charge in [0, 0.05) is 0 Å². The number of hydrogen-bond acceptors (Lipinski definition) is 0. The lowest BCUT2D eigenvalue weighted by Gasteiger charge is -2.25. The fourth-order valence-electron chi connectivity index (χ4n) is 2.55. The normalized spacial score (nSPS) is 13.9. The van der Waals surface area contributed by atoms with Gasteiger partial charge >= 0.3 is 0 Å². The van der Waals surface area contributed by atoms with Gasteiger partial charge in [-0.3, -0.25) is 0 Å². The molecule has 1 aromatic carbocycles. The Morgan fingerprint density at radius 1 is 1.19 bits per heavy atom. The number of hydrogen-bond donors (Lipinski definition) is 0. The molecule has 1 atom stereocenters. The van der Waals surface area contributed by atoms with Crippen molar-refractivity contribution in [3.8, 4) is 0 Å². The zero-order valence-electron chi connectivity index (χ0n) is 11.7. The third kappa shape index (κ3) is 3.66. The summed E-state index contributed by atoms with van der Waals surface area (Å²) in [5, 5.41) is 0. The van der Waals surface area contributed by atoms with Crippen molar-refractivity contribution in [2.75, 3.05) is 0 Å². The molecule has 0 saturated heterocycles. The Morgan fingerprint density at radius 3 is 2.31 bits per heavy atom. The first kappa shape index (κ1) is 13.3. The van der Waals surface area contributed by atoms with Gasteiger partial charge in [-0.2, -0.15) is 0 Å². The third-order valence-corrected chi connectivity index (χ3v) is 3.13. The van der Waals surface area contributed by atoms with Crippen molar-refractivity contribution in [3.63, 3.8) is 0 Å². The second kappa shape index (κ2) is 5.03. The van der Waals surface area contributed by atoms with E-state index in [0.29, 0.717) is 11.3 Å². The second-order valence-electron chi connectivity index (χ2n) is 6.22. The molecule has 0 aliphatic heterocycles. The van der Waals surface area contributed by atoms with E-state index in [1.807, 2.05) is 0 Å². The maximum atomic E-state index is 2.36. The molecule has 0 amide bonds. The highest BCUT2D eigenvalue weighted by Gasteiger charge is 2.18. The summed E-state index contributed by atoms with van der Waals surface area (Å²) in [6, 6.07) is 6.91. The van der Waals surface area contributed by atoms with Crippen LogP contribution in [0.2, 0.25) is 0 Å². The van der Waals surface area contributed by atoms with Crippen LogP contribution >= 0.6 is 0 Å². The lowest BCUT2D eigenvalue weighted by Crippen LogP contribution is -2.11. The minimum Gasteiger partial charge on any atom is -0.0613 e. The Balaban J connectivity index is 2.94. The average Bonchev–Trinajstić information content (AvgIpc) is 2.14. The smallest absolute Gasteiger partial charge is 0.0183 e. The van der Waals surface area contributed by atoms with E-state index in [-0.39, 0.29) is 0 Å². The summed E-state index contributed by atoms with van der Waals surface area (Å²) >= 11 is 0. The Kier molecular flexibility index (Phi) is 4.18. The maximum absolute atomic E-state index is 2.36. The molecule has 0 radical (unpaired) electrons. The van der Waals surface area contributed by atoms with E-state index in [4.69, 9.17) is 0 Å². The zero-order valence-corrected chi connectivity index (χ0v) is 11.7. The first-order valence-electron chi connectivity index (χ1n) is 6.43. The summed E-state index contributed by atoms with van der Waals surface area (Å²) in [5.74, 6) is 0.663. The van der Waals surface area contributed by atoms with Crippen molar-refractivity contribution in [2.24, 2.45) is 5.41 Å². The monoisotopic (exact) mass is 218 g/mol. The van der Waals surface area contributed by atoms with Gasteiger partial charge in [-0.1, -0.05) is 58.4 Å². The molecular weight excluding hydrogens is 192 g/mol. The molecule has 0 aliphatic rings. The van der Waals surface area contributed by atoms with Gasteiger partial charge in [0.15, 0.2) is 0 Å². The van der Waals surface area contributed by atoms with Gasteiger partial charge in [0.2, 0.25) is 0 Å². The van der Waals surface area contributed by atoms with Crippen LogP contribution in [0.4, 0.5) is 0 Å². The van der Waals surface area contributed by atoms with Crippen LogP contribution in [0.1, 0.15) is 63.6 Å². The van der Waals surface area contributed by atoms with Gasteiger partial charge in [0.05, 0.1) is 0 Å². The fourth-order valence-corrected chi connectivity index (χ4v) is 2.55. The summed E-state index contributed by atoms with van der Waals surface area (Å²) < 4.78 is 0. The van der Waals surface area contributed by atoms with Crippen LogP contribution in [0.25, 0.3) is 0 Å². The van der Waals surface area contributed by atoms with Crippen LogP contribution in [0.15, 0.2) is 18.2 Å². The molecule has 0 saturated carbocycles. The van der Waals surface area contributed by atoms with Crippen molar-refractivity contribution in [3.05, 3.63) is 34.9 Å². The van der Waals surface area contributed by atoms with Gasteiger partial charge in [-0.05, 0) is 42.2 Å². The van der Waals surface area contributed by atoms with Crippen molar-refractivity contribution in [2.45, 2.75) is 60.3 Å². The van der Waals surface area contributed by atoms with Crippen LogP contribution in [-0.4, -0.2) is 0 Å². The minimum absolute atomic E-state index is 0.412.